The molecule has 0 aromatic rings. The first kappa shape index (κ1) is 50.6. The average Bonchev–Trinajstić information content (AvgIpc) is 3.14. The molecule has 0 aromatic heterocycles. The van der Waals surface area contributed by atoms with Crippen molar-refractivity contribution >= 4 is 11.9 Å². The number of carbonyl (C=O) groups is 2. The molecule has 0 spiro atoms. The Morgan fingerprint density at radius 1 is 0.519 bits per heavy atom. The number of carbonyl (C=O) groups excluding carboxylic acids is 2. The molecule has 0 bridgehead atoms. The van der Waals surface area contributed by atoms with Crippen molar-refractivity contribution in [3.8, 4) is 0 Å². The molecule has 0 rings (SSSR count). The Labute approximate surface area is 323 Å². The Hall–Kier alpha value is -1.40. The molecule has 0 saturated carbocycles. The summed E-state index contributed by atoms with van der Waals surface area (Å²) in [6.45, 7) is 4.81. The normalized spacial score (nSPS) is 12.8. The summed E-state index contributed by atoms with van der Waals surface area (Å²) in [6, 6.07) is -0.644. The lowest BCUT2D eigenvalue weighted by atomic mass is 10.0. The maximum atomic E-state index is 12.3. The smallest absolute Gasteiger partial charge is 0.305 e. The molecule has 0 saturated heterocycles. The van der Waals surface area contributed by atoms with Crippen LogP contribution < -0.4 is 5.32 Å². The Morgan fingerprint density at radius 3 is 1.31 bits per heavy atom. The number of hydrogen-bond acceptors (Lipinski definition) is 5. The monoisotopic (exact) mass is 736 g/mol. The minimum absolute atomic E-state index is 0.0244. The first-order valence-electron chi connectivity index (χ1n) is 23.0. The molecule has 0 heterocycles. The van der Waals surface area contributed by atoms with E-state index in [1.165, 1.54) is 161 Å². The van der Waals surface area contributed by atoms with E-state index in [1.54, 1.807) is 6.08 Å². The molecule has 0 aliphatic heterocycles. The van der Waals surface area contributed by atoms with Gasteiger partial charge in [0.2, 0.25) is 5.91 Å². The van der Waals surface area contributed by atoms with Gasteiger partial charge in [-0.25, -0.2) is 0 Å². The molecule has 52 heavy (non-hydrogen) atoms. The Kier molecular flexibility index (Phi) is 41.2. The van der Waals surface area contributed by atoms with Gasteiger partial charge in [-0.2, -0.15) is 0 Å². The van der Waals surface area contributed by atoms with Gasteiger partial charge in [-0.3, -0.25) is 9.59 Å². The van der Waals surface area contributed by atoms with E-state index < -0.39 is 12.1 Å². The van der Waals surface area contributed by atoms with Crippen LogP contribution in [0.15, 0.2) is 12.2 Å². The highest BCUT2D eigenvalue weighted by Gasteiger charge is 2.18. The summed E-state index contributed by atoms with van der Waals surface area (Å²) in [7, 11) is 0. The molecule has 3 N–H and O–H groups in total. The van der Waals surface area contributed by atoms with Crippen molar-refractivity contribution in [2.75, 3.05) is 13.2 Å². The average molecular weight is 736 g/mol. The quantitative estimate of drug-likeness (QED) is 0.0329. The van der Waals surface area contributed by atoms with Crippen molar-refractivity contribution in [2.24, 2.45) is 0 Å². The van der Waals surface area contributed by atoms with Crippen LogP contribution in [0.2, 0.25) is 0 Å². The third kappa shape index (κ3) is 38.3. The van der Waals surface area contributed by atoms with Gasteiger partial charge in [0.05, 0.1) is 25.4 Å². The third-order valence-electron chi connectivity index (χ3n) is 10.6. The van der Waals surface area contributed by atoms with E-state index in [4.69, 9.17) is 4.74 Å². The zero-order valence-electron chi connectivity index (χ0n) is 34.8. The van der Waals surface area contributed by atoms with Crippen LogP contribution in [0.5, 0.6) is 0 Å². The lowest BCUT2D eigenvalue weighted by molar-refractivity contribution is -0.143. The highest BCUT2D eigenvalue weighted by Crippen LogP contribution is 2.15. The summed E-state index contributed by atoms with van der Waals surface area (Å²) >= 11 is 0. The third-order valence-corrected chi connectivity index (χ3v) is 10.6. The van der Waals surface area contributed by atoms with Crippen LogP contribution >= 0.6 is 0 Å². The molecule has 1 amide bonds. The second-order valence-corrected chi connectivity index (χ2v) is 15.7. The van der Waals surface area contributed by atoms with Crippen molar-refractivity contribution in [1.82, 2.24) is 5.32 Å². The summed E-state index contributed by atoms with van der Waals surface area (Å²) in [5.74, 6) is -0.122. The summed E-state index contributed by atoms with van der Waals surface area (Å²) in [5.41, 5.74) is 0. The van der Waals surface area contributed by atoms with E-state index in [0.717, 1.165) is 57.8 Å². The van der Waals surface area contributed by atoms with Crippen LogP contribution in [0.1, 0.15) is 245 Å². The van der Waals surface area contributed by atoms with Gasteiger partial charge in [0, 0.05) is 12.8 Å². The summed E-state index contributed by atoms with van der Waals surface area (Å²) in [4.78, 5) is 24.4. The summed E-state index contributed by atoms with van der Waals surface area (Å²) < 4.78 is 5.45. The molecule has 308 valence electrons. The minimum Gasteiger partial charge on any atom is -0.466 e. The number of ether oxygens (including phenoxy) is 1. The van der Waals surface area contributed by atoms with Gasteiger partial charge < -0.3 is 20.3 Å². The van der Waals surface area contributed by atoms with Crippen molar-refractivity contribution in [3.63, 3.8) is 0 Å². The van der Waals surface area contributed by atoms with Crippen LogP contribution in [-0.4, -0.2) is 47.4 Å². The number of nitrogens with one attached hydrogen (secondary N) is 1. The summed E-state index contributed by atoms with van der Waals surface area (Å²) in [6.07, 6.45) is 46.3. The van der Waals surface area contributed by atoms with Gasteiger partial charge in [0.25, 0.3) is 0 Å². The van der Waals surface area contributed by atoms with Crippen LogP contribution in [0.4, 0.5) is 0 Å². The van der Waals surface area contributed by atoms with E-state index in [-0.39, 0.29) is 18.5 Å². The fourth-order valence-electron chi connectivity index (χ4n) is 6.98. The van der Waals surface area contributed by atoms with Crippen LogP contribution in [-0.2, 0) is 14.3 Å². The maximum absolute atomic E-state index is 12.3. The Bertz CT molecular complexity index is 772. The Morgan fingerprint density at radius 2 is 0.885 bits per heavy atom. The van der Waals surface area contributed by atoms with Crippen molar-refractivity contribution in [3.05, 3.63) is 12.2 Å². The number of esters is 1. The number of amides is 1. The van der Waals surface area contributed by atoms with Crippen LogP contribution in [0.3, 0.4) is 0 Å². The predicted octanol–water partition coefficient (Wildman–Crippen LogP) is 13.0. The minimum atomic E-state index is -0.857. The van der Waals surface area contributed by atoms with Crippen LogP contribution in [0, 0.1) is 0 Å². The van der Waals surface area contributed by atoms with Crippen LogP contribution in [0.25, 0.3) is 0 Å². The van der Waals surface area contributed by atoms with Crippen molar-refractivity contribution < 1.29 is 24.5 Å². The predicted molar refractivity (Wildman–Crippen MR) is 223 cm³/mol. The van der Waals surface area contributed by atoms with Crippen molar-refractivity contribution in [1.29, 1.82) is 0 Å². The first-order chi connectivity index (χ1) is 25.5. The van der Waals surface area contributed by atoms with E-state index >= 15 is 0 Å². The fourth-order valence-corrected chi connectivity index (χ4v) is 6.98. The standard InChI is InChI=1S/C46H89NO5/c1-3-5-7-9-11-13-14-15-16-17-18-19-20-24-28-32-36-40-46(51)52-41-37-33-29-25-21-23-27-31-35-39-45(50)47-43(42-48)44(49)38-34-30-26-22-12-10-8-6-4-2/h34,38,43-44,48-49H,3-33,35-37,39-42H2,1-2H3,(H,47,50)/b38-34+. The molecule has 2 unspecified atom stereocenters. The van der Waals surface area contributed by atoms with Crippen molar-refractivity contribution in [2.45, 2.75) is 257 Å². The van der Waals surface area contributed by atoms with Gasteiger partial charge in [-0.15, -0.1) is 0 Å². The number of unbranched alkanes of at least 4 members (excludes halogenated alkanes) is 31. The van der Waals surface area contributed by atoms with E-state index in [0.29, 0.717) is 19.4 Å². The molecule has 0 aromatic carbocycles. The van der Waals surface area contributed by atoms with Gasteiger partial charge >= 0.3 is 5.97 Å². The molecule has 6 heteroatoms. The molecule has 0 aliphatic carbocycles. The first-order valence-corrected chi connectivity index (χ1v) is 23.0. The molecule has 0 fully saturated rings. The Balaban J connectivity index is 3.46. The molecule has 6 nitrogen and oxygen atoms in total. The molecule has 0 radical (unpaired) electrons. The molecular weight excluding hydrogens is 647 g/mol. The zero-order valence-corrected chi connectivity index (χ0v) is 34.8. The van der Waals surface area contributed by atoms with Gasteiger partial charge in [-0.05, 0) is 32.1 Å². The highest BCUT2D eigenvalue weighted by molar-refractivity contribution is 5.76. The second-order valence-electron chi connectivity index (χ2n) is 15.7. The van der Waals surface area contributed by atoms with Gasteiger partial charge in [0.1, 0.15) is 0 Å². The van der Waals surface area contributed by atoms with E-state index in [1.807, 2.05) is 6.08 Å². The number of allylic oxidation sites excluding steroid dienone is 1. The number of aliphatic hydroxyl groups excluding tert-OH is 2. The molecule has 2 atom stereocenters. The van der Waals surface area contributed by atoms with Gasteiger partial charge in [0.15, 0.2) is 0 Å². The summed E-state index contributed by atoms with van der Waals surface area (Å²) in [5, 5.41) is 22.8. The van der Waals surface area contributed by atoms with E-state index in [2.05, 4.69) is 19.2 Å². The van der Waals surface area contributed by atoms with E-state index in [9.17, 15) is 19.8 Å². The maximum Gasteiger partial charge on any atom is 0.305 e. The molecular formula is C46H89NO5. The highest BCUT2D eigenvalue weighted by atomic mass is 16.5. The number of aliphatic hydroxyl groups is 2. The topological polar surface area (TPSA) is 95.9 Å². The zero-order chi connectivity index (χ0) is 38.0. The molecule has 0 aliphatic rings. The SMILES string of the molecule is CCCCCCCCC/C=C/C(O)C(CO)NC(=O)CCCCCCCCCCCOC(=O)CCCCCCCCCCCCCCCCCCC. The van der Waals surface area contributed by atoms with Gasteiger partial charge in [-0.1, -0.05) is 212 Å². The number of hydrogen-bond donors (Lipinski definition) is 3. The lowest BCUT2D eigenvalue weighted by Gasteiger charge is -2.20. The fraction of sp³-hybridized carbons (Fsp3) is 0.913. The number of rotatable bonds is 42. The largest absolute Gasteiger partial charge is 0.466 e. The second kappa shape index (κ2) is 42.3. The lowest BCUT2D eigenvalue weighted by Crippen LogP contribution is -2.45.